The number of carboxylic acids is 1. The first-order valence-corrected chi connectivity index (χ1v) is 11.3. The number of amides is 2. The molecule has 11 nitrogen and oxygen atoms in total. The van der Waals surface area contributed by atoms with Crippen LogP contribution in [0.15, 0.2) is 47.4 Å². The lowest BCUT2D eigenvalue weighted by atomic mass is 9.95. The number of hydroxylamine groups is 1. The molecule has 33 heavy (non-hydrogen) atoms. The highest BCUT2D eigenvalue weighted by Crippen LogP contribution is 2.31. The van der Waals surface area contributed by atoms with Gasteiger partial charge < -0.3 is 15.2 Å². The molecule has 1 atom stereocenters. The second-order valence-corrected chi connectivity index (χ2v) is 9.24. The molecule has 0 bridgehead atoms. The van der Waals surface area contributed by atoms with Gasteiger partial charge in [0.15, 0.2) is 0 Å². The normalized spacial score (nSPS) is 15.9. The van der Waals surface area contributed by atoms with Gasteiger partial charge in [0.05, 0.1) is 18.4 Å². The number of fused-ring (bicyclic) bond motifs is 1. The molecule has 0 unspecified atom stereocenters. The Hall–Kier alpha value is -3.48. The van der Waals surface area contributed by atoms with Crippen molar-refractivity contribution in [3.63, 3.8) is 0 Å². The van der Waals surface area contributed by atoms with Crippen LogP contribution in [0, 0.1) is 0 Å². The monoisotopic (exact) mass is 477 g/mol. The molecule has 0 aromatic heterocycles. The summed E-state index contributed by atoms with van der Waals surface area (Å²) in [7, 11) is -2.69. The van der Waals surface area contributed by atoms with Gasteiger partial charge in [-0.1, -0.05) is 6.07 Å². The molecular formula is C21H23N3O8S. The Morgan fingerprint density at radius 2 is 1.79 bits per heavy atom. The van der Waals surface area contributed by atoms with Crippen LogP contribution >= 0.6 is 0 Å². The van der Waals surface area contributed by atoms with E-state index in [4.69, 9.17) is 15.1 Å². The minimum absolute atomic E-state index is 0.00432. The van der Waals surface area contributed by atoms with Crippen LogP contribution in [0.1, 0.15) is 24.0 Å². The number of hydrogen-bond acceptors (Lipinski definition) is 7. The Labute approximate surface area is 190 Å². The maximum Gasteiger partial charge on any atom is 0.303 e. The maximum absolute atomic E-state index is 13.3. The Morgan fingerprint density at radius 1 is 1.09 bits per heavy atom. The molecule has 3 rings (SSSR count). The van der Waals surface area contributed by atoms with Crippen LogP contribution in [0.25, 0.3) is 0 Å². The Bertz CT molecular complexity index is 1160. The predicted octanol–water partition coefficient (Wildman–Crippen LogP) is 1.12. The Balaban J connectivity index is 1.91. The zero-order valence-corrected chi connectivity index (χ0v) is 18.5. The van der Waals surface area contributed by atoms with Crippen LogP contribution in [0.5, 0.6) is 5.75 Å². The molecule has 1 heterocycles. The molecule has 4 N–H and O–H groups in total. The van der Waals surface area contributed by atoms with Gasteiger partial charge in [-0.25, -0.2) is 13.9 Å². The molecule has 0 saturated carbocycles. The van der Waals surface area contributed by atoms with Crippen molar-refractivity contribution in [1.82, 2.24) is 9.79 Å². The maximum atomic E-state index is 13.3. The second-order valence-electron chi connectivity index (χ2n) is 7.35. The van der Waals surface area contributed by atoms with Crippen molar-refractivity contribution in [2.75, 3.05) is 12.4 Å². The number of ether oxygens (including phenoxy) is 1. The molecule has 1 aliphatic heterocycles. The van der Waals surface area contributed by atoms with Crippen molar-refractivity contribution in [3.05, 3.63) is 53.6 Å². The molecule has 0 spiro atoms. The standard InChI is InChI=1S/C21H23N3O8S/c1-32-16-4-6-17(7-5-16)33(30,31)24-12-14-10-15(22-19(25)8-9-20(26)27)3-2-13(14)11-18(24)21(28)23-29/h2-7,10,18,29H,8-9,11-12H2,1H3,(H,22,25)(H,23,28)(H,26,27)/t18-/m1/s1. The van der Waals surface area contributed by atoms with Gasteiger partial charge in [0, 0.05) is 18.7 Å². The minimum Gasteiger partial charge on any atom is -0.497 e. The van der Waals surface area contributed by atoms with E-state index < -0.39 is 33.8 Å². The average molecular weight is 477 g/mol. The van der Waals surface area contributed by atoms with Crippen molar-refractivity contribution in [2.45, 2.75) is 36.7 Å². The molecule has 176 valence electrons. The van der Waals surface area contributed by atoms with Crippen LogP contribution in [-0.2, 0) is 37.4 Å². The summed E-state index contributed by atoms with van der Waals surface area (Å²) >= 11 is 0. The molecule has 2 aromatic rings. The average Bonchev–Trinajstić information content (AvgIpc) is 2.81. The van der Waals surface area contributed by atoms with Crippen molar-refractivity contribution >= 4 is 33.5 Å². The lowest BCUT2D eigenvalue weighted by Crippen LogP contribution is -2.51. The summed E-state index contributed by atoms with van der Waals surface area (Å²) in [5, 5.41) is 20.5. The first-order chi connectivity index (χ1) is 15.6. The number of sulfonamides is 1. The number of methoxy groups -OCH3 is 1. The number of benzene rings is 2. The van der Waals surface area contributed by atoms with Gasteiger partial charge in [0.1, 0.15) is 11.8 Å². The predicted molar refractivity (Wildman–Crippen MR) is 115 cm³/mol. The van der Waals surface area contributed by atoms with Crippen LogP contribution in [0.2, 0.25) is 0 Å². The summed E-state index contributed by atoms with van der Waals surface area (Å²) in [5.74, 6) is -1.99. The van der Waals surface area contributed by atoms with E-state index in [1.807, 2.05) is 0 Å². The number of hydrogen-bond donors (Lipinski definition) is 4. The van der Waals surface area contributed by atoms with E-state index in [-0.39, 0.29) is 30.7 Å². The molecule has 12 heteroatoms. The summed E-state index contributed by atoms with van der Waals surface area (Å²) in [4.78, 5) is 34.9. The van der Waals surface area contributed by atoms with E-state index in [1.165, 1.54) is 36.9 Å². The van der Waals surface area contributed by atoms with Gasteiger partial charge >= 0.3 is 5.97 Å². The van der Waals surface area contributed by atoms with Gasteiger partial charge in [-0.15, -0.1) is 0 Å². The number of anilines is 1. The third-order valence-electron chi connectivity index (χ3n) is 5.22. The third-order valence-corrected chi connectivity index (χ3v) is 7.09. The molecule has 1 aliphatic rings. The van der Waals surface area contributed by atoms with Crippen molar-refractivity contribution in [3.8, 4) is 5.75 Å². The highest BCUT2D eigenvalue weighted by molar-refractivity contribution is 7.89. The van der Waals surface area contributed by atoms with E-state index in [9.17, 15) is 22.8 Å². The molecule has 0 fully saturated rings. The summed E-state index contributed by atoms with van der Waals surface area (Å²) < 4.78 is 32.7. The summed E-state index contributed by atoms with van der Waals surface area (Å²) in [5.41, 5.74) is 3.13. The lowest BCUT2D eigenvalue weighted by molar-refractivity contribution is -0.138. The molecular weight excluding hydrogens is 454 g/mol. The first kappa shape index (κ1) is 24.2. The zero-order chi connectivity index (χ0) is 24.2. The van der Waals surface area contributed by atoms with Gasteiger partial charge in [-0.3, -0.25) is 19.6 Å². The van der Waals surface area contributed by atoms with E-state index >= 15 is 0 Å². The van der Waals surface area contributed by atoms with E-state index in [2.05, 4.69) is 5.32 Å². The van der Waals surface area contributed by atoms with Gasteiger partial charge in [0.2, 0.25) is 15.9 Å². The molecule has 0 aliphatic carbocycles. The van der Waals surface area contributed by atoms with E-state index in [0.29, 0.717) is 22.6 Å². The number of nitrogens with zero attached hydrogens (tertiary/aromatic N) is 1. The van der Waals surface area contributed by atoms with Gasteiger partial charge in [0.25, 0.3) is 5.91 Å². The van der Waals surface area contributed by atoms with E-state index in [0.717, 1.165) is 4.31 Å². The fraction of sp³-hybridized carbons (Fsp3) is 0.286. The fourth-order valence-electron chi connectivity index (χ4n) is 3.52. The number of rotatable bonds is 8. The first-order valence-electron chi connectivity index (χ1n) is 9.89. The zero-order valence-electron chi connectivity index (χ0n) is 17.6. The molecule has 2 amide bonds. The van der Waals surface area contributed by atoms with Crippen LogP contribution < -0.4 is 15.5 Å². The molecule has 0 radical (unpaired) electrons. The van der Waals surface area contributed by atoms with Crippen LogP contribution in [0.3, 0.4) is 0 Å². The van der Waals surface area contributed by atoms with Gasteiger partial charge in [-0.05, 0) is 53.9 Å². The fourth-order valence-corrected chi connectivity index (χ4v) is 5.08. The SMILES string of the molecule is COc1ccc(S(=O)(=O)N2Cc3cc(NC(=O)CCC(=O)O)ccc3C[C@@H]2C(=O)NO)cc1. The smallest absolute Gasteiger partial charge is 0.303 e. The topological polar surface area (TPSA) is 162 Å². The molecule has 2 aromatic carbocycles. The number of nitrogens with one attached hydrogen (secondary N) is 2. The van der Waals surface area contributed by atoms with Crippen molar-refractivity contribution < 1.29 is 37.9 Å². The number of carboxylic acid groups (broad SMARTS) is 1. The summed E-state index contributed by atoms with van der Waals surface area (Å²) in [6, 6.07) is 9.31. The Morgan fingerprint density at radius 3 is 2.39 bits per heavy atom. The lowest BCUT2D eigenvalue weighted by Gasteiger charge is -2.34. The second kappa shape index (κ2) is 9.98. The van der Waals surface area contributed by atoms with Crippen molar-refractivity contribution in [1.29, 1.82) is 0 Å². The van der Waals surface area contributed by atoms with Crippen molar-refractivity contribution in [2.24, 2.45) is 0 Å². The third kappa shape index (κ3) is 5.48. The quantitative estimate of drug-likeness (QED) is 0.325. The Kier molecular flexibility index (Phi) is 7.31. The highest BCUT2D eigenvalue weighted by Gasteiger charge is 2.39. The van der Waals surface area contributed by atoms with E-state index in [1.54, 1.807) is 18.2 Å². The number of carbonyl (C=O) groups excluding carboxylic acids is 2. The largest absolute Gasteiger partial charge is 0.497 e. The highest BCUT2D eigenvalue weighted by atomic mass is 32.2. The van der Waals surface area contributed by atoms with Gasteiger partial charge in [-0.2, -0.15) is 4.31 Å². The summed E-state index contributed by atoms with van der Waals surface area (Å²) in [6.07, 6.45) is -0.518. The number of aliphatic carboxylic acids is 1. The summed E-state index contributed by atoms with van der Waals surface area (Å²) in [6.45, 7) is -0.180. The molecule has 0 saturated heterocycles. The minimum atomic E-state index is -4.13. The van der Waals surface area contributed by atoms with Crippen LogP contribution in [0.4, 0.5) is 5.69 Å². The van der Waals surface area contributed by atoms with Crippen LogP contribution in [-0.4, -0.2) is 54.0 Å². The number of carbonyl (C=O) groups is 3.